The van der Waals surface area contributed by atoms with Gasteiger partial charge >= 0.3 is 0 Å². The highest BCUT2D eigenvalue weighted by Gasteiger charge is 2.12. The van der Waals surface area contributed by atoms with Gasteiger partial charge in [-0.2, -0.15) is 0 Å². The summed E-state index contributed by atoms with van der Waals surface area (Å²) in [6.45, 7) is 4.00. The number of rotatable bonds is 5. The first-order chi connectivity index (χ1) is 10.8. The highest BCUT2D eigenvalue weighted by Crippen LogP contribution is 2.19. The van der Waals surface area contributed by atoms with Crippen molar-refractivity contribution in [2.24, 2.45) is 0 Å². The van der Waals surface area contributed by atoms with E-state index in [-0.39, 0.29) is 5.91 Å². The van der Waals surface area contributed by atoms with E-state index >= 15 is 0 Å². The van der Waals surface area contributed by atoms with Crippen LogP contribution in [-0.4, -0.2) is 37.0 Å². The molecular formula is C19H22N2O. The Balaban J connectivity index is 1.60. The monoisotopic (exact) mass is 294 g/mol. The van der Waals surface area contributed by atoms with Crippen LogP contribution >= 0.6 is 0 Å². The number of carbonyl (C=O) groups is 1. The van der Waals surface area contributed by atoms with Crippen LogP contribution in [0.1, 0.15) is 23.2 Å². The van der Waals surface area contributed by atoms with E-state index in [1.165, 1.54) is 25.9 Å². The summed E-state index contributed by atoms with van der Waals surface area (Å²) in [7, 11) is 0. The average molecular weight is 294 g/mol. The SMILES string of the molecule is O=C(NCCN1CCCC1)c1cccc(-c2ccccc2)c1. The Morgan fingerprint density at radius 3 is 2.45 bits per heavy atom. The molecule has 1 amide bonds. The predicted molar refractivity (Wildman–Crippen MR) is 89.9 cm³/mol. The number of likely N-dealkylation sites (tertiary alicyclic amines) is 1. The molecule has 2 aromatic carbocycles. The molecule has 0 bridgehead atoms. The van der Waals surface area contributed by atoms with Crippen LogP contribution in [0, 0.1) is 0 Å². The molecule has 1 aliphatic heterocycles. The maximum atomic E-state index is 12.3. The minimum Gasteiger partial charge on any atom is -0.351 e. The quantitative estimate of drug-likeness (QED) is 0.918. The van der Waals surface area contributed by atoms with Crippen LogP contribution < -0.4 is 5.32 Å². The summed E-state index contributed by atoms with van der Waals surface area (Å²) in [5, 5.41) is 3.02. The van der Waals surface area contributed by atoms with Gasteiger partial charge in [-0.3, -0.25) is 4.79 Å². The van der Waals surface area contributed by atoms with Gasteiger partial charge in [0.05, 0.1) is 0 Å². The topological polar surface area (TPSA) is 32.3 Å². The van der Waals surface area contributed by atoms with Gasteiger partial charge in [0.1, 0.15) is 0 Å². The molecule has 0 saturated carbocycles. The summed E-state index contributed by atoms with van der Waals surface area (Å²) in [4.78, 5) is 14.7. The van der Waals surface area contributed by atoms with E-state index in [0.29, 0.717) is 6.54 Å². The second kappa shape index (κ2) is 7.23. The Bertz CT molecular complexity index is 618. The lowest BCUT2D eigenvalue weighted by Crippen LogP contribution is -2.33. The minimum absolute atomic E-state index is 0.0111. The Kier molecular flexibility index (Phi) is 4.86. The largest absolute Gasteiger partial charge is 0.351 e. The Morgan fingerprint density at radius 1 is 0.955 bits per heavy atom. The summed E-state index contributed by atoms with van der Waals surface area (Å²) in [6, 6.07) is 18.0. The predicted octanol–water partition coefficient (Wildman–Crippen LogP) is 3.18. The van der Waals surface area contributed by atoms with Crippen molar-refractivity contribution in [2.75, 3.05) is 26.2 Å². The van der Waals surface area contributed by atoms with Gasteiger partial charge < -0.3 is 10.2 Å². The normalized spacial score (nSPS) is 14.9. The zero-order valence-corrected chi connectivity index (χ0v) is 12.8. The molecule has 0 aromatic heterocycles. The zero-order chi connectivity index (χ0) is 15.2. The lowest BCUT2D eigenvalue weighted by atomic mass is 10.0. The zero-order valence-electron chi connectivity index (χ0n) is 12.8. The maximum absolute atomic E-state index is 12.3. The van der Waals surface area contributed by atoms with Crippen molar-refractivity contribution in [3.63, 3.8) is 0 Å². The number of carbonyl (C=O) groups excluding carboxylic acids is 1. The number of amides is 1. The summed E-state index contributed by atoms with van der Waals surface area (Å²) in [5.41, 5.74) is 2.93. The van der Waals surface area contributed by atoms with Gasteiger partial charge in [0.15, 0.2) is 0 Å². The maximum Gasteiger partial charge on any atom is 0.251 e. The van der Waals surface area contributed by atoms with E-state index in [1.54, 1.807) is 0 Å². The molecule has 0 unspecified atom stereocenters. The third kappa shape index (κ3) is 3.74. The number of nitrogens with one attached hydrogen (secondary N) is 1. The van der Waals surface area contributed by atoms with E-state index in [2.05, 4.69) is 22.3 Å². The van der Waals surface area contributed by atoms with Crippen LogP contribution in [0.4, 0.5) is 0 Å². The average Bonchev–Trinajstić information content (AvgIpc) is 3.09. The molecule has 1 aliphatic rings. The molecule has 3 heteroatoms. The molecule has 3 nitrogen and oxygen atoms in total. The van der Waals surface area contributed by atoms with Crippen molar-refractivity contribution in [2.45, 2.75) is 12.8 Å². The number of hydrogen-bond acceptors (Lipinski definition) is 2. The molecule has 1 N–H and O–H groups in total. The molecular weight excluding hydrogens is 272 g/mol. The molecule has 114 valence electrons. The summed E-state index contributed by atoms with van der Waals surface area (Å²) >= 11 is 0. The van der Waals surface area contributed by atoms with Gasteiger partial charge in [-0.1, -0.05) is 42.5 Å². The molecule has 1 heterocycles. The third-order valence-electron chi connectivity index (χ3n) is 4.14. The molecule has 2 aromatic rings. The Hall–Kier alpha value is -2.13. The van der Waals surface area contributed by atoms with Gasteiger partial charge in [0.25, 0.3) is 5.91 Å². The Morgan fingerprint density at radius 2 is 1.68 bits per heavy atom. The van der Waals surface area contributed by atoms with Crippen molar-refractivity contribution >= 4 is 5.91 Å². The van der Waals surface area contributed by atoms with Gasteiger partial charge in [0.2, 0.25) is 0 Å². The van der Waals surface area contributed by atoms with Crippen LogP contribution in [0.2, 0.25) is 0 Å². The first-order valence-electron chi connectivity index (χ1n) is 7.99. The van der Waals surface area contributed by atoms with E-state index in [1.807, 2.05) is 42.5 Å². The van der Waals surface area contributed by atoms with Gasteiger partial charge in [-0.25, -0.2) is 0 Å². The summed E-state index contributed by atoms with van der Waals surface area (Å²) < 4.78 is 0. The first kappa shape index (κ1) is 14.8. The fourth-order valence-electron chi connectivity index (χ4n) is 2.91. The lowest BCUT2D eigenvalue weighted by molar-refractivity contribution is 0.0950. The third-order valence-corrected chi connectivity index (χ3v) is 4.14. The highest BCUT2D eigenvalue weighted by atomic mass is 16.1. The van der Waals surface area contributed by atoms with Crippen molar-refractivity contribution in [1.82, 2.24) is 10.2 Å². The van der Waals surface area contributed by atoms with Crippen molar-refractivity contribution in [1.29, 1.82) is 0 Å². The summed E-state index contributed by atoms with van der Waals surface area (Å²) in [5.74, 6) is 0.0111. The van der Waals surface area contributed by atoms with Crippen LogP contribution in [0.3, 0.4) is 0 Å². The first-order valence-corrected chi connectivity index (χ1v) is 7.99. The molecule has 0 radical (unpaired) electrons. The van der Waals surface area contributed by atoms with E-state index in [0.717, 1.165) is 23.2 Å². The molecule has 1 fully saturated rings. The van der Waals surface area contributed by atoms with E-state index in [4.69, 9.17) is 0 Å². The van der Waals surface area contributed by atoms with Crippen molar-refractivity contribution in [3.8, 4) is 11.1 Å². The standard InChI is InChI=1S/C19H22N2O/c22-19(20-11-14-21-12-4-5-13-21)18-10-6-9-17(15-18)16-7-2-1-3-8-16/h1-3,6-10,15H,4-5,11-14H2,(H,20,22). The fourth-order valence-corrected chi connectivity index (χ4v) is 2.91. The second-order valence-electron chi connectivity index (χ2n) is 5.75. The molecule has 22 heavy (non-hydrogen) atoms. The van der Waals surface area contributed by atoms with E-state index in [9.17, 15) is 4.79 Å². The molecule has 3 rings (SSSR count). The van der Waals surface area contributed by atoms with Crippen LogP contribution in [-0.2, 0) is 0 Å². The summed E-state index contributed by atoms with van der Waals surface area (Å²) in [6.07, 6.45) is 2.57. The number of benzene rings is 2. The van der Waals surface area contributed by atoms with Crippen LogP contribution in [0.5, 0.6) is 0 Å². The van der Waals surface area contributed by atoms with Gasteiger partial charge in [0, 0.05) is 18.7 Å². The van der Waals surface area contributed by atoms with Crippen LogP contribution in [0.15, 0.2) is 54.6 Å². The smallest absolute Gasteiger partial charge is 0.251 e. The number of nitrogens with zero attached hydrogens (tertiary/aromatic N) is 1. The minimum atomic E-state index is 0.0111. The van der Waals surface area contributed by atoms with Crippen molar-refractivity contribution in [3.05, 3.63) is 60.2 Å². The highest BCUT2D eigenvalue weighted by molar-refractivity contribution is 5.95. The van der Waals surface area contributed by atoms with Crippen molar-refractivity contribution < 1.29 is 4.79 Å². The van der Waals surface area contributed by atoms with Gasteiger partial charge in [-0.05, 0) is 49.2 Å². The fraction of sp³-hybridized carbons (Fsp3) is 0.316. The number of hydrogen-bond donors (Lipinski definition) is 1. The Labute approximate surface area is 132 Å². The molecule has 0 atom stereocenters. The van der Waals surface area contributed by atoms with Gasteiger partial charge in [-0.15, -0.1) is 0 Å². The molecule has 1 saturated heterocycles. The second-order valence-corrected chi connectivity index (χ2v) is 5.75. The lowest BCUT2D eigenvalue weighted by Gasteiger charge is -2.14. The molecule has 0 spiro atoms. The van der Waals surface area contributed by atoms with Crippen LogP contribution in [0.25, 0.3) is 11.1 Å². The van der Waals surface area contributed by atoms with E-state index < -0.39 is 0 Å². The molecule has 0 aliphatic carbocycles.